The molecule has 1 saturated carbocycles. The molecular weight excluding hydrogens is 544 g/mol. The summed E-state index contributed by atoms with van der Waals surface area (Å²) in [6.07, 6.45) is 7.47. The van der Waals surface area contributed by atoms with E-state index >= 15 is 0 Å². The molecular formula is C36H43F2N3O2. The number of carbonyl (C=O) groups is 1. The standard InChI is InChI=1S/C36H43F2N3O2/c1-6-26-8-7-9-30(17-26)36(11-12-36)39-22-34(42)33(20-27-18-31(37)21-32(38)19-27)40-35(43)29-15-25(4)14-28(16-29)23-41(5)13-10-24(2)3/h1,7-9,14-19,21,24,33-34,39,42H,10-13,20,22-23H2,2-5H3,(H,40,43)/t33-,34+/m0/s1. The Morgan fingerprint density at radius 3 is 2.44 bits per heavy atom. The van der Waals surface area contributed by atoms with Gasteiger partial charge in [-0.2, -0.15) is 0 Å². The molecule has 0 aliphatic heterocycles. The van der Waals surface area contributed by atoms with Crippen LogP contribution in [0.1, 0.15) is 71.3 Å². The van der Waals surface area contributed by atoms with Crippen molar-refractivity contribution in [2.45, 2.75) is 70.7 Å². The number of aryl methyl sites for hydroxylation is 1. The number of nitrogens with zero attached hydrogens (tertiary/aromatic N) is 1. The average Bonchev–Trinajstić information content (AvgIpc) is 3.75. The van der Waals surface area contributed by atoms with Crippen molar-refractivity contribution in [2.24, 2.45) is 5.92 Å². The molecule has 4 rings (SSSR count). The molecule has 1 aliphatic carbocycles. The number of aliphatic hydroxyl groups excluding tert-OH is 1. The topological polar surface area (TPSA) is 64.6 Å². The SMILES string of the molecule is C#Cc1cccc(C2(NC[C@@H](O)[C@H](Cc3cc(F)cc(F)c3)NC(=O)c3cc(C)cc(CN(C)CCC(C)C)c3)CC2)c1. The lowest BCUT2D eigenvalue weighted by molar-refractivity contribution is 0.0821. The number of benzene rings is 3. The van der Waals surface area contributed by atoms with E-state index in [1.165, 1.54) is 12.1 Å². The summed E-state index contributed by atoms with van der Waals surface area (Å²) in [6, 6.07) is 16.0. The molecule has 3 N–H and O–H groups in total. The number of aliphatic hydroxyl groups is 1. The summed E-state index contributed by atoms with van der Waals surface area (Å²) in [5.41, 5.74) is 4.33. The molecule has 1 aliphatic rings. The lowest BCUT2D eigenvalue weighted by Crippen LogP contribution is -2.50. The lowest BCUT2D eigenvalue weighted by atomic mass is 9.98. The molecule has 2 atom stereocenters. The van der Waals surface area contributed by atoms with Crippen LogP contribution in [0.4, 0.5) is 8.78 Å². The Labute approximate surface area is 254 Å². The summed E-state index contributed by atoms with van der Waals surface area (Å²) in [5, 5.41) is 17.8. The Kier molecular flexibility index (Phi) is 10.7. The van der Waals surface area contributed by atoms with Gasteiger partial charge in [0.05, 0.1) is 12.1 Å². The van der Waals surface area contributed by atoms with Crippen molar-refractivity contribution in [1.82, 2.24) is 15.5 Å². The summed E-state index contributed by atoms with van der Waals surface area (Å²) < 4.78 is 28.1. The third-order valence-electron chi connectivity index (χ3n) is 8.08. The fourth-order valence-electron chi connectivity index (χ4n) is 5.51. The average molecular weight is 588 g/mol. The van der Waals surface area contributed by atoms with Crippen LogP contribution in [0, 0.1) is 36.8 Å². The van der Waals surface area contributed by atoms with Crippen LogP contribution >= 0.6 is 0 Å². The minimum atomic E-state index is -1.03. The van der Waals surface area contributed by atoms with E-state index in [-0.39, 0.29) is 24.4 Å². The van der Waals surface area contributed by atoms with Crippen LogP contribution in [-0.2, 0) is 18.5 Å². The zero-order valence-corrected chi connectivity index (χ0v) is 25.6. The quantitative estimate of drug-likeness (QED) is 0.211. The van der Waals surface area contributed by atoms with Gasteiger partial charge < -0.3 is 20.6 Å². The predicted octanol–water partition coefficient (Wildman–Crippen LogP) is 5.71. The normalized spacial score (nSPS) is 15.3. The highest BCUT2D eigenvalue weighted by atomic mass is 19.1. The molecule has 0 saturated heterocycles. The van der Waals surface area contributed by atoms with Crippen molar-refractivity contribution in [3.8, 4) is 12.3 Å². The summed E-state index contributed by atoms with van der Waals surface area (Å²) in [4.78, 5) is 15.8. The number of carbonyl (C=O) groups excluding carboxylic acids is 1. The van der Waals surface area contributed by atoms with E-state index in [1.807, 2.05) is 43.3 Å². The maximum Gasteiger partial charge on any atom is 0.251 e. The Bertz CT molecular complexity index is 1440. The number of halogens is 2. The van der Waals surface area contributed by atoms with Crippen LogP contribution in [0.3, 0.4) is 0 Å². The number of hydrogen-bond donors (Lipinski definition) is 3. The summed E-state index contributed by atoms with van der Waals surface area (Å²) in [5.74, 6) is 1.51. The van der Waals surface area contributed by atoms with E-state index in [0.29, 0.717) is 23.6 Å². The van der Waals surface area contributed by atoms with E-state index in [0.717, 1.165) is 54.1 Å². The smallest absolute Gasteiger partial charge is 0.251 e. The van der Waals surface area contributed by atoms with E-state index in [2.05, 4.69) is 48.4 Å². The van der Waals surface area contributed by atoms with Crippen LogP contribution in [0.5, 0.6) is 0 Å². The van der Waals surface area contributed by atoms with Crippen LogP contribution in [0.15, 0.2) is 60.7 Å². The third kappa shape index (κ3) is 9.21. The van der Waals surface area contributed by atoms with Gasteiger partial charge in [0.2, 0.25) is 0 Å². The monoisotopic (exact) mass is 587 g/mol. The van der Waals surface area contributed by atoms with Gasteiger partial charge in [0.15, 0.2) is 0 Å². The fraction of sp³-hybridized carbons (Fsp3) is 0.417. The molecule has 228 valence electrons. The van der Waals surface area contributed by atoms with Crippen molar-refractivity contribution in [1.29, 1.82) is 0 Å². The number of terminal acetylenes is 1. The van der Waals surface area contributed by atoms with Crippen molar-refractivity contribution < 1.29 is 18.7 Å². The van der Waals surface area contributed by atoms with Crippen molar-refractivity contribution in [2.75, 3.05) is 20.1 Å². The molecule has 0 radical (unpaired) electrons. The van der Waals surface area contributed by atoms with Gasteiger partial charge in [0, 0.05) is 35.8 Å². The first-order chi connectivity index (χ1) is 20.5. The molecule has 1 fully saturated rings. The Balaban J connectivity index is 1.51. The second kappa shape index (κ2) is 14.3. The van der Waals surface area contributed by atoms with Crippen LogP contribution in [0.2, 0.25) is 0 Å². The van der Waals surface area contributed by atoms with Crippen molar-refractivity contribution in [3.63, 3.8) is 0 Å². The first kappa shape index (κ1) is 32.3. The van der Waals surface area contributed by atoms with Crippen LogP contribution in [0.25, 0.3) is 0 Å². The second-order valence-electron chi connectivity index (χ2n) is 12.4. The molecule has 0 aromatic heterocycles. The number of rotatable bonds is 14. The zero-order valence-electron chi connectivity index (χ0n) is 25.6. The van der Waals surface area contributed by atoms with Gasteiger partial charge in [-0.3, -0.25) is 4.79 Å². The highest BCUT2D eigenvalue weighted by Crippen LogP contribution is 2.45. The molecule has 3 aromatic carbocycles. The number of nitrogens with one attached hydrogen (secondary N) is 2. The molecule has 5 nitrogen and oxygen atoms in total. The molecule has 0 bridgehead atoms. The molecule has 0 unspecified atom stereocenters. The summed E-state index contributed by atoms with van der Waals surface area (Å²) in [7, 11) is 2.07. The molecule has 7 heteroatoms. The van der Waals surface area contributed by atoms with Gasteiger partial charge in [-0.15, -0.1) is 6.42 Å². The first-order valence-corrected chi connectivity index (χ1v) is 15.0. The molecule has 0 spiro atoms. The number of hydrogen-bond acceptors (Lipinski definition) is 4. The molecule has 3 aromatic rings. The Hall–Kier alpha value is -3.57. The maximum atomic E-state index is 14.0. The van der Waals surface area contributed by atoms with Gasteiger partial charge in [-0.05, 0) is 105 Å². The Morgan fingerprint density at radius 2 is 1.79 bits per heavy atom. The minimum absolute atomic E-state index is 0.0550. The largest absolute Gasteiger partial charge is 0.390 e. The molecule has 0 heterocycles. The fourth-order valence-corrected chi connectivity index (χ4v) is 5.51. The van der Waals surface area contributed by atoms with Gasteiger partial charge >= 0.3 is 0 Å². The minimum Gasteiger partial charge on any atom is -0.390 e. The first-order valence-electron chi connectivity index (χ1n) is 15.0. The van der Waals surface area contributed by atoms with Gasteiger partial charge in [0.25, 0.3) is 5.91 Å². The van der Waals surface area contributed by atoms with Crippen LogP contribution in [-0.4, -0.2) is 48.2 Å². The molecule has 43 heavy (non-hydrogen) atoms. The number of amides is 1. The summed E-state index contributed by atoms with van der Waals surface area (Å²) >= 11 is 0. The van der Waals surface area contributed by atoms with Crippen molar-refractivity contribution in [3.05, 3.63) is 106 Å². The zero-order chi connectivity index (χ0) is 31.1. The van der Waals surface area contributed by atoms with Crippen molar-refractivity contribution >= 4 is 5.91 Å². The second-order valence-corrected chi connectivity index (χ2v) is 12.4. The highest BCUT2D eigenvalue weighted by molar-refractivity contribution is 5.94. The van der Waals surface area contributed by atoms with E-state index < -0.39 is 23.8 Å². The predicted molar refractivity (Wildman–Crippen MR) is 168 cm³/mol. The van der Waals surface area contributed by atoms with E-state index in [9.17, 15) is 18.7 Å². The van der Waals surface area contributed by atoms with E-state index in [1.54, 1.807) is 0 Å². The van der Waals surface area contributed by atoms with Gasteiger partial charge in [0.1, 0.15) is 11.6 Å². The van der Waals surface area contributed by atoms with E-state index in [4.69, 9.17) is 6.42 Å². The Morgan fingerprint density at radius 1 is 1.07 bits per heavy atom. The third-order valence-corrected chi connectivity index (χ3v) is 8.08. The lowest BCUT2D eigenvalue weighted by Gasteiger charge is -2.27. The summed E-state index contributed by atoms with van der Waals surface area (Å²) in [6.45, 7) is 8.17. The van der Waals surface area contributed by atoms with Gasteiger partial charge in [-0.25, -0.2) is 8.78 Å². The molecule has 1 amide bonds. The van der Waals surface area contributed by atoms with Gasteiger partial charge in [-0.1, -0.05) is 43.5 Å². The maximum absolute atomic E-state index is 14.0. The highest BCUT2D eigenvalue weighted by Gasteiger charge is 2.44. The van der Waals surface area contributed by atoms with Crippen LogP contribution < -0.4 is 10.6 Å².